The van der Waals surface area contributed by atoms with Crippen molar-refractivity contribution in [2.45, 2.75) is 17.2 Å². The van der Waals surface area contributed by atoms with Crippen molar-refractivity contribution < 1.29 is 4.79 Å². The SMILES string of the molecule is O=C(NCCn1cc(SCc2ccccc2)c2ccccc21)c1ccc(Cl)cc1. The molecule has 0 fully saturated rings. The molecular formula is C24H21ClN2OS. The summed E-state index contributed by atoms with van der Waals surface area (Å²) in [5.74, 6) is 0.846. The third kappa shape index (κ3) is 4.84. The number of carbonyl (C=O) groups excluding carboxylic acids is 1. The van der Waals surface area contributed by atoms with E-state index in [-0.39, 0.29) is 5.91 Å². The van der Waals surface area contributed by atoms with E-state index in [0.717, 1.165) is 5.75 Å². The van der Waals surface area contributed by atoms with Crippen LogP contribution in [0.15, 0.2) is 90.0 Å². The van der Waals surface area contributed by atoms with E-state index in [1.165, 1.54) is 21.4 Å². The monoisotopic (exact) mass is 420 g/mol. The molecule has 0 spiro atoms. The average molecular weight is 421 g/mol. The Balaban J connectivity index is 1.43. The summed E-state index contributed by atoms with van der Waals surface area (Å²) in [5.41, 5.74) is 3.11. The predicted molar refractivity (Wildman–Crippen MR) is 122 cm³/mol. The molecule has 1 N–H and O–H groups in total. The summed E-state index contributed by atoms with van der Waals surface area (Å²) in [6.07, 6.45) is 2.19. The minimum absolute atomic E-state index is 0.0863. The molecule has 1 aromatic heterocycles. The number of para-hydroxylation sites is 1. The normalized spacial score (nSPS) is 10.9. The van der Waals surface area contributed by atoms with E-state index >= 15 is 0 Å². The molecule has 0 radical (unpaired) electrons. The van der Waals surface area contributed by atoms with Crippen LogP contribution in [0.5, 0.6) is 0 Å². The van der Waals surface area contributed by atoms with E-state index in [0.29, 0.717) is 23.7 Å². The van der Waals surface area contributed by atoms with Crippen LogP contribution in [0.25, 0.3) is 10.9 Å². The molecule has 0 bridgehead atoms. The molecule has 4 aromatic rings. The van der Waals surface area contributed by atoms with Crippen molar-refractivity contribution in [3.63, 3.8) is 0 Å². The summed E-state index contributed by atoms with van der Waals surface area (Å²) >= 11 is 7.73. The van der Waals surface area contributed by atoms with Gasteiger partial charge in [-0.15, -0.1) is 11.8 Å². The lowest BCUT2D eigenvalue weighted by molar-refractivity contribution is 0.0952. The Labute approximate surface area is 179 Å². The van der Waals surface area contributed by atoms with E-state index in [2.05, 4.69) is 64.6 Å². The van der Waals surface area contributed by atoms with Crippen LogP contribution in [-0.2, 0) is 12.3 Å². The molecular weight excluding hydrogens is 400 g/mol. The number of fused-ring (bicyclic) bond motifs is 1. The van der Waals surface area contributed by atoms with Gasteiger partial charge in [0.25, 0.3) is 5.91 Å². The molecule has 0 atom stereocenters. The molecule has 3 aromatic carbocycles. The van der Waals surface area contributed by atoms with Crippen LogP contribution >= 0.6 is 23.4 Å². The topological polar surface area (TPSA) is 34.0 Å². The molecule has 3 nitrogen and oxygen atoms in total. The number of hydrogen-bond acceptors (Lipinski definition) is 2. The fourth-order valence-corrected chi connectivity index (χ4v) is 4.41. The van der Waals surface area contributed by atoms with Crippen molar-refractivity contribution in [3.8, 4) is 0 Å². The van der Waals surface area contributed by atoms with Crippen LogP contribution in [0.2, 0.25) is 5.02 Å². The summed E-state index contributed by atoms with van der Waals surface area (Å²) < 4.78 is 2.21. The minimum atomic E-state index is -0.0863. The zero-order chi connectivity index (χ0) is 20.1. The Morgan fingerprint density at radius 3 is 2.45 bits per heavy atom. The van der Waals surface area contributed by atoms with Crippen LogP contribution in [0.4, 0.5) is 0 Å². The zero-order valence-electron chi connectivity index (χ0n) is 15.8. The Bertz CT molecular complexity index is 1110. The molecule has 146 valence electrons. The van der Waals surface area contributed by atoms with Crippen molar-refractivity contribution in [2.24, 2.45) is 0 Å². The lowest BCUT2D eigenvalue weighted by Gasteiger charge is -2.08. The maximum Gasteiger partial charge on any atom is 0.251 e. The fraction of sp³-hybridized carbons (Fsp3) is 0.125. The molecule has 1 heterocycles. The van der Waals surface area contributed by atoms with Gasteiger partial charge in [-0.2, -0.15) is 0 Å². The van der Waals surface area contributed by atoms with Gasteiger partial charge in [0.2, 0.25) is 0 Å². The molecule has 5 heteroatoms. The van der Waals surface area contributed by atoms with Gasteiger partial charge in [-0.05, 0) is 35.9 Å². The van der Waals surface area contributed by atoms with Gasteiger partial charge in [-0.25, -0.2) is 0 Å². The molecule has 0 unspecified atom stereocenters. The van der Waals surface area contributed by atoms with Gasteiger partial charge >= 0.3 is 0 Å². The van der Waals surface area contributed by atoms with E-state index < -0.39 is 0 Å². The maximum atomic E-state index is 12.3. The number of carbonyl (C=O) groups is 1. The standard InChI is InChI=1S/C24H21ClN2OS/c25-20-12-10-19(11-13-20)24(28)26-14-15-27-16-23(21-8-4-5-9-22(21)27)29-17-18-6-2-1-3-7-18/h1-13,16H,14-15,17H2,(H,26,28). The van der Waals surface area contributed by atoms with Crippen LogP contribution in [0.1, 0.15) is 15.9 Å². The minimum Gasteiger partial charge on any atom is -0.350 e. The summed E-state index contributed by atoms with van der Waals surface area (Å²) in [7, 11) is 0. The second-order valence-corrected chi connectivity index (χ2v) is 8.19. The number of rotatable bonds is 7. The van der Waals surface area contributed by atoms with E-state index in [9.17, 15) is 4.79 Å². The average Bonchev–Trinajstić information content (AvgIpc) is 3.11. The van der Waals surface area contributed by atoms with Gasteiger partial charge in [0.1, 0.15) is 0 Å². The molecule has 0 saturated heterocycles. The quantitative estimate of drug-likeness (QED) is 0.371. The number of aromatic nitrogens is 1. The van der Waals surface area contributed by atoms with Crippen LogP contribution in [0, 0.1) is 0 Å². The number of nitrogens with one attached hydrogen (secondary N) is 1. The predicted octanol–water partition coefficient (Wildman–Crippen LogP) is 6.02. The van der Waals surface area contributed by atoms with E-state index in [1.807, 2.05) is 17.8 Å². The first-order valence-electron chi connectivity index (χ1n) is 9.49. The Kier molecular flexibility index (Phi) is 6.23. The summed E-state index contributed by atoms with van der Waals surface area (Å²) in [6.45, 7) is 1.27. The van der Waals surface area contributed by atoms with Gasteiger partial charge in [-0.3, -0.25) is 4.79 Å². The number of hydrogen-bond donors (Lipinski definition) is 1. The van der Waals surface area contributed by atoms with Crippen LogP contribution < -0.4 is 5.32 Å². The van der Waals surface area contributed by atoms with Crippen molar-refractivity contribution in [1.82, 2.24) is 9.88 Å². The van der Waals surface area contributed by atoms with E-state index in [1.54, 1.807) is 24.3 Å². The molecule has 0 aliphatic heterocycles. The summed E-state index contributed by atoms with van der Waals surface area (Å²) in [5, 5.41) is 4.86. The van der Waals surface area contributed by atoms with Crippen molar-refractivity contribution >= 4 is 40.2 Å². The Morgan fingerprint density at radius 1 is 0.931 bits per heavy atom. The second kappa shape index (κ2) is 9.21. The smallest absolute Gasteiger partial charge is 0.251 e. The zero-order valence-corrected chi connectivity index (χ0v) is 17.4. The molecule has 0 aliphatic carbocycles. The first kappa shape index (κ1) is 19.6. The first-order valence-corrected chi connectivity index (χ1v) is 10.9. The highest BCUT2D eigenvalue weighted by Crippen LogP contribution is 2.32. The van der Waals surface area contributed by atoms with E-state index in [4.69, 9.17) is 11.6 Å². The number of halogens is 1. The van der Waals surface area contributed by atoms with Gasteiger partial charge < -0.3 is 9.88 Å². The molecule has 4 rings (SSSR count). The summed E-state index contributed by atoms with van der Waals surface area (Å²) in [6, 6.07) is 25.8. The van der Waals surface area contributed by atoms with Crippen LogP contribution in [0.3, 0.4) is 0 Å². The third-order valence-corrected chi connectivity index (χ3v) is 6.10. The lowest BCUT2D eigenvalue weighted by Crippen LogP contribution is -2.27. The fourth-order valence-electron chi connectivity index (χ4n) is 3.24. The van der Waals surface area contributed by atoms with Gasteiger partial charge in [0, 0.05) is 51.4 Å². The van der Waals surface area contributed by atoms with Crippen molar-refractivity contribution in [3.05, 3.63) is 101 Å². The highest BCUT2D eigenvalue weighted by molar-refractivity contribution is 7.98. The maximum absolute atomic E-state index is 12.3. The molecule has 0 aliphatic rings. The Morgan fingerprint density at radius 2 is 1.66 bits per heavy atom. The summed E-state index contributed by atoms with van der Waals surface area (Å²) in [4.78, 5) is 13.6. The van der Waals surface area contributed by atoms with Crippen molar-refractivity contribution in [1.29, 1.82) is 0 Å². The molecule has 29 heavy (non-hydrogen) atoms. The largest absolute Gasteiger partial charge is 0.350 e. The number of thioether (sulfide) groups is 1. The Hall–Kier alpha value is -2.69. The van der Waals surface area contributed by atoms with Crippen LogP contribution in [-0.4, -0.2) is 17.0 Å². The highest BCUT2D eigenvalue weighted by atomic mass is 35.5. The number of benzene rings is 3. The van der Waals surface area contributed by atoms with Crippen molar-refractivity contribution in [2.75, 3.05) is 6.54 Å². The first-order chi connectivity index (χ1) is 14.2. The third-order valence-electron chi connectivity index (χ3n) is 4.73. The molecule has 1 amide bonds. The number of amides is 1. The lowest BCUT2D eigenvalue weighted by atomic mass is 10.2. The van der Waals surface area contributed by atoms with Gasteiger partial charge in [0.15, 0.2) is 0 Å². The number of nitrogens with zero attached hydrogens (tertiary/aromatic N) is 1. The van der Waals surface area contributed by atoms with Gasteiger partial charge in [0.05, 0.1) is 0 Å². The molecule has 0 saturated carbocycles. The van der Waals surface area contributed by atoms with Gasteiger partial charge in [-0.1, -0.05) is 60.1 Å². The second-order valence-electron chi connectivity index (χ2n) is 6.74. The highest BCUT2D eigenvalue weighted by Gasteiger charge is 2.10.